The largest absolute Gasteiger partial charge is 0.467 e. The Morgan fingerprint density at radius 2 is 1.54 bits per heavy atom. The highest BCUT2D eigenvalue weighted by molar-refractivity contribution is 8.93. The van der Waals surface area contributed by atoms with E-state index in [0.29, 0.717) is 23.5 Å². The molecule has 0 fully saturated rings. The lowest BCUT2D eigenvalue weighted by Crippen LogP contribution is -2.08. The fourth-order valence-electron chi connectivity index (χ4n) is 1.94. The van der Waals surface area contributed by atoms with Gasteiger partial charge in [0.15, 0.2) is 13.6 Å². The van der Waals surface area contributed by atoms with Gasteiger partial charge in [0.05, 0.1) is 12.9 Å². The minimum atomic E-state index is -3.55. The molecular formula is C17H27BrO7S. The van der Waals surface area contributed by atoms with Crippen LogP contribution in [0.2, 0.25) is 0 Å². The Kier molecular flexibility index (Phi) is 11.8. The number of rotatable bonds is 11. The molecule has 0 radical (unpaired) electrons. The van der Waals surface area contributed by atoms with Crippen molar-refractivity contribution in [2.45, 2.75) is 26.9 Å². The van der Waals surface area contributed by atoms with E-state index in [1.807, 2.05) is 19.9 Å². The average molecular weight is 455 g/mol. The summed E-state index contributed by atoms with van der Waals surface area (Å²) >= 11 is 0. The molecule has 0 unspecified atom stereocenters. The summed E-state index contributed by atoms with van der Waals surface area (Å²) in [5.41, 5.74) is 2.57. The first-order valence-electron chi connectivity index (χ1n) is 7.64. The number of hydrogen-bond acceptors (Lipinski definition) is 7. The van der Waals surface area contributed by atoms with Crippen LogP contribution >= 0.6 is 17.0 Å². The number of halogens is 1. The lowest BCUT2D eigenvalue weighted by molar-refractivity contribution is 0.0446. The quantitative estimate of drug-likeness (QED) is 0.288. The van der Waals surface area contributed by atoms with Crippen LogP contribution in [0.4, 0.5) is 0 Å². The first-order valence-corrected chi connectivity index (χ1v) is 9.45. The molecule has 1 aromatic carbocycles. The molecule has 0 N–H and O–H groups in total. The molecule has 0 bridgehead atoms. The fourth-order valence-corrected chi connectivity index (χ4v) is 2.29. The maximum absolute atomic E-state index is 11.2. The summed E-state index contributed by atoms with van der Waals surface area (Å²) in [4.78, 5) is 0. The normalized spacial score (nSPS) is 10.8. The van der Waals surface area contributed by atoms with Crippen molar-refractivity contribution in [2.75, 3.05) is 34.1 Å². The minimum Gasteiger partial charge on any atom is -0.467 e. The van der Waals surface area contributed by atoms with E-state index >= 15 is 0 Å². The van der Waals surface area contributed by atoms with E-state index in [9.17, 15) is 8.42 Å². The second-order valence-corrected chi connectivity index (χ2v) is 7.27. The van der Waals surface area contributed by atoms with Crippen LogP contribution in [0.3, 0.4) is 0 Å². The zero-order valence-corrected chi connectivity index (χ0v) is 18.3. The number of allylic oxidation sites excluding steroid dienone is 2. The van der Waals surface area contributed by atoms with Crippen LogP contribution in [-0.2, 0) is 36.8 Å². The van der Waals surface area contributed by atoms with Gasteiger partial charge in [0.2, 0.25) is 0 Å². The van der Waals surface area contributed by atoms with Crippen LogP contribution in [0.1, 0.15) is 25.0 Å². The van der Waals surface area contributed by atoms with Gasteiger partial charge in [-0.15, -0.1) is 17.0 Å². The van der Waals surface area contributed by atoms with Crippen molar-refractivity contribution >= 4 is 27.1 Å². The van der Waals surface area contributed by atoms with E-state index < -0.39 is 10.1 Å². The number of benzene rings is 1. The molecule has 0 aromatic heterocycles. The smallest absolute Gasteiger partial charge is 0.264 e. The third-order valence-corrected chi connectivity index (χ3v) is 3.59. The highest BCUT2D eigenvalue weighted by Gasteiger charge is 2.15. The molecule has 0 aliphatic heterocycles. The second kappa shape index (κ2) is 12.3. The average Bonchev–Trinajstić information content (AvgIpc) is 2.53. The Labute approximate surface area is 166 Å². The summed E-state index contributed by atoms with van der Waals surface area (Å²) in [5, 5.41) is 0. The molecule has 0 amide bonds. The molecule has 0 saturated carbocycles. The molecule has 9 heteroatoms. The van der Waals surface area contributed by atoms with Gasteiger partial charge in [-0.05, 0) is 38.0 Å². The van der Waals surface area contributed by atoms with E-state index in [4.69, 9.17) is 23.1 Å². The van der Waals surface area contributed by atoms with Crippen molar-refractivity contribution in [2.24, 2.45) is 0 Å². The molecule has 0 aliphatic rings. The Morgan fingerprint density at radius 3 is 1.92 bits per heavy atom. The maximum atomic E-state index is 11.2. The van der Waals surface area contributed by atoms with E-state index in [1.165, 1.54) is 14.2 Å². The molecule has 0 spiro atoms. The topological polar surface area (TPSA) is 80.3 Å². The van der Waals surface area contributed by atoms with Crippen molar-refractivity contribution in [3.63, 3.8) is 0 Å². The van der Waals surface area contributed by atoms with Crippen molar-refractivity contribution < 1.29 is 31.5 Å². The molecule has 7 nitrogen and oxygen atoms in total. The molecule has 26 heavy (non-hydrogen) atoms. The van der Waals surface area contributed by atoms with Crippen LogP contribution in [0.5, 0.6) is 11.5 Å². The van der Waals surface area contributed by atoms with Gasteiger partial charge in [-0.25, -0.2) is 0 Å². The summed E-state index contributed by atoms with van der Waals surface area (Å²) < 4.78 is 48.5. The van der Waals surface area contributed by atoms with Gasteiger partial charge >= 0.3 is 0 Å². The molecule has 0 aliphatic carbocycles. The highest BCUT2D eigenvalue weighted by atomic mass is 79.9. The predicted octanol–water partition coefficient (Wildman–Crippen LogP) is 3.21. The van der Waals surface area contributed by atoms with Crippen LogP contribution in [0, 0.1) is 0 Å². The molecule has 0 heterocycles. The summed E-state index contributed by atoms with van der Waals surface area (Å²) in [6.45, 7) is 4.00. The Morgan fingerprint density at radius 1 is 1.04 bits per heavy atom. The molecular weight excluding hydrogens is 428 g/mol. The predicted molar refractivity (Wildman–Crippen MR) is 105 cm³/mol. The Bertz CT molecular complexity index is 653. The van der Waals surface area contributed by atoms with Crippen molar-refractivity contribution in [3.8, 4) is 11.5 Å². The van der Waals surface area contributed by atoms with Crippen molar-refractivity contribution in [1.29, 1.82) is 0 Å². The SMILES string of the molecule is Br.COCOc1cc(COS(C)(=O)=O)cc(OCOC)c1CC=C(C)C. The lowest BCUT2D eigenvalue weighted by Gasteiger charge is -2.17. The standard InChI is InChI=1S/C17H26O7S.BrH/c1-13(2)6-7-15-16(22-11-20-3)8-14(10-24-25(5,18)19)9-17(15)23-12-21-4;/h6,8-9H,7,10-12H2,1-5H3;1H. The summed E-state index contributed by atoms with van der Waals surface area (Å²) in [7, 11) is -0.509. The zero-order chi connectivity index (χ0) is 18.9. The van der Waals surface area contributed by atoms with Crippen LogP contribution < -0.4 is 9.47 Å². The van der Waals surface area contributed by atoms with E-state index in [0.717, 1.165) is 17.4 Å². The summed E-state index contributed by atoms with van der Waals surface area (Å²) in [5.74, 6) is 1.08. The van der Waals surface area contributed by atoms with Crippen LogP contribution in [0.15, 0.2) is 23.8 Å². The Hall–Kier alpha value is -1.13. The molecule has 150 valence electrons. The fraction of sp³-hybridized carbons (Fsp3) is 0.529. The first kappa shape index (κ1) is 24.9. The molecule has 1 aromatic rings. The number of methoxy groups -OCH3 is 2. The van der Waals surface area contributed by atoms with Crippen molar-refractivity contribution in [1.82, 2.24) is 0 Å². The zero-order valence-electron chi connectivity index (χ0n) is 15.7. The lowest BCUT2D eigenvalue weighted by atomic mass is 10.0. The summed E-state index contributed by atoms with van der Waals surface area (Å²) in [6.07, 6.45) is 3.63. The minimum absolute atomic E-state index is 0. The van der Waals surface area contributed by atoms with Gasteiger partial charge in [-0.1, -0.05) is 11.6 Å². The molecule has 0 atom stereocenters. The third-order valence-electron chi connectivity index (χ3n) is 3.05. The van der Waals surface area contributed by atoms with E-state index in [-0.39, 0.29) is 37.2 Å². The van der Waals surface area contributed by atoms with Gasteiger partial charge in [-0.2, -0.15) is 8.42 Å². The van der Waals surface area contributed by atoms with Gasteiger partial charge in [0.25, 0.3) is 10.1 Å². The highest BCUT2D eigenvalue weighted by Crippen LogP contribution is 2.32. The maximum Gasteiger partial charge on any atom is 0.264 e. The first-order chi connectivity index (χ1) is 11.8. The molecule has 1 rings (SSSR count). The number of hydrogen-bond donors (Lipinski definition) is 0. The third kappa shape index (κ3) is 9.54. The second-order valence-electron chi connectivity index (χ2n) is 5.62. The van der Waals surface area contributed by atoms with Gasteiger partial charge < -0.3 is 18.9 Å². The van der Waals surface area contributed by atoms with Gasteiger partial charge in [0.1, 0.15) is 11.5 Å². The van der Waals surface area contributed by atoms with Crippen molar-refractivity contribution in [3.05, 3.63) is 34.9 Å². The molecule has 0 saturated heterocycles. The number of ether oxygens (including phenoxy) is 4. The van der Waals surface area contributed by atoms with Crippen LogP contribution in [0.25, 0.3) is 0 Å². The van der Waals surface area contributed by atoms with E-state index in [1.54, 1.807) is 12.1 Å². The van der Waals surface area contributed by atoms with Gasteiger partial charge in [0, 0.05) is 19.8 Å². The van der Waals surface area contributed by atoms with E-state index in [2.05, 4.69) is 0 Å². The monoisotopic (exact) mass is 454 g/mol. The van der Waals surface area contributed by atoms with Crippen LogP contribution in [-0.4, -0.2) is 42.5 Å². The van der Waals surface area contributed by atoms with Gasteiger partial charge in [-0.3, -0.25) is 4.18 Å². The summed E-state index contributed by atoms with van der Waals surface area (Å²) in [6, 6.07) is 3.44. The Balaban J connectivity index is 0.00000625.